The van der Waals surface area contributed by atoms with Gasteiger partial charge in [0.25, 0.3) is 10.0 Å². The zero-order valence-electron chi connectivity index (χ0n) is 13.6. The maximum atomic E-state index is 12.3. The smallest absolute Gasteiger partial charge is 0.263 e. The van der Waals surface area contributed by atoms with E-state index in [0.717, 1.165) is 12.1 Å². The number of amides is 1. The number of ether oxygens (including phenoxy) is 1. The van der Waals surface area contributed by atoms with E-state index in [2.05, 4.69) is 9.71 Å². The lowest BCUT2D eigenvalue weighted by Gasteiger charge is -2.26. The molecule has 9 heteroatoms. The van der Waals surface area contributed by atoms with E-state index < -0.39 is 10.0 Å². The summed E-state index contributed by atoms with van der Waals surface area (Å²) in [5, 5.41) is 2.19. The van der Waals surface area contributed by atoms with Crippen molar-refractivity contribution in [3.63, 3.8) is 0 Å². The van der Waals surface area contributed by atoms with E-state index in [0.29, 0.717) is 31.2 Å². The fraction of sp³-hybridized carbons (Fsp3) is 0.375. The van der Waals surface area contributed by atoms with Gasteiger partial charge < -0.3 is 9.64 Å². The van der Waals surface area contributed by atoms with Crippen LogP contribution in [-0.2, 0) is 26.0 Å². The summed E-state index contributed by atoms with van der Waals surface area (Å²) >= 11 is 1.26. The highest BCUT2D eigenvalue weighted by molar-refractivity contribution is 7.93. The topological polar surface area (TPSA) is 88.6 Å². The second-order valence-electron chi connectivity index (χ2n) is 5.60. The second kappa shape index (κ2) is 7.94. The first-order valence-corrected chi connectivity index (χ1v) is 10.3. The number of carbonyl (C=O) groups excluding carboxylic acids is 1. The van der Waals surface area contributed by atoms with Gasteiger partial charge in [-0.25, -0.2) is 13.4 Å². The molecule has 7 nitrogen and oxygen atoms in total. The minimum atomic E-state index is -3.61. The summed E-state index contributed by atoms with van der Waals surface area (Å²) in [7, 11) is -3.61. The number of sulfonamides is 1. The van der Waals surface area contributed by atoms with Crippen LogP contribution >= 0.6 is 11.3 Å². The molecule has 0 aliphatic carbocycles. The van der Waals surface area contributed by atoms with Crippen LogP contribution in [0.15, 0.2) is 40.6 Å². The summed E-state index contributed by atoms with van der Waals surface area (Å²) in [5.74, 6) is 0.0147. The minimum Gasteiger partial charge on any atom is -0.370 e. The van der Waals surface area contributed by atoms with Crippen LogP contribution in [0.2, 0.25) is 0 Å². The molecule has 1 aliphatic heterocycles. The van der Waals surface area contributed by atoms with E-state index in [1.807, 2.05) is 5.38 Å². The molecule has 0 saturated carbocycles. The van der Waals surface area contributed by atoms with Crippen LogP contribution in [0.4, 0.5) is 5.13 Å². The first-order chi connectivity index (χ1) is 12.0. The summed E-state index contributed by atoms with van der Waals surface area (Å²) in [4.78, 5) is 18.0. The molecule has 0 spiro atoms. The molecule has 1 aliphatic rings. The van der Waals surface area contributed by atoms with E-state index in [1.165, 1.54) is 23.5 Å². The molecule has 0 bridgehead atoms. The van der Waals surface area contributed by atoms with Gasteiger partial charge in [-0.1, -0.05) is 18.2 Å². The summed E-state index contributed by atoms with van der Waals surface area (Å²) in [6.45, 7) is 2.01. The summed E-state index contributed by atoms with van der Waals surface area (Å²) in [5.41, 5.74) is 0.816. The van der Waals surface area contributed by atoms with Crippen molar-refractivity contribution in [3.05, 3.63) is 41.4 Å². The predicted molar refractivity (Wildman–Crippen MR) is 95.1 cm³/mol. The third-order valence-corrected chi connectivity index (χ3v) is 6.06. The number of anilines is 1. The Morgan fingerprint density at radius 2 is 2.08 bits per heavy atom. The lowest BCUT2D eigenvalue weighted by molar-refractivity contribution is -0.142. The van der Waals surface area contributed by atoms with Gasteiger partial charge in [-0.15, -0.1) is 11.3 Å². The van der Waals surface area contributed by atoms with Gasteiger partial charge in [0.1, 0.15) is 6.61 Å². The highest BCUT2D eigenvalue weighted by Crippen LogP contribution is 2.21. The van der Waals surface area contributed by atoms with Crippen LogP contribution in [0.5, 0.6) is 0 Å². The average Bonchev–Trinajstić information content (AvgIpc) is 3.04. The molecular weight excluding hydrogens is 362 g/mol. The molecule has 1 amide bonds. The monoisotopic (exact) mass is 381 g/mol. The van der Waals surface area contributed by atoms with Gasteiger partial charge >= 0.3 is 0 Å². The summed E-state index contributed by atoms with van der Waals surface area (Å²) < 4.78 is 32.1. The van der Waals surface area contributed by atoms with Crippen molar-refractivity contribution in [3.8, 4) is 0 Å². The van der Waals surface area contributed by atoms with Gasteiger partial charge in [0.05, 0.1) is 17.2 Å². The number of aromatic nitrogens is 1. The number of hydrogen-bond donors (Lipinski definition) is 1. The van der Waals surface area contributed by atoms with Crippen LogP contribution in [-0.4, -0.2) is 50.5 Å². The standard InChI is InChI=1S/C16H19N3O4S2/c20-15-11-23-10-9-19(15)8-4-5-13-12-24-16(17-13)18-25(21,22)14-6-2-1-3-7-14/h1-3,6-7,12H,4-5,8-11H2,(H,17,18). The maximum absolute atomic E-state index is 12.3. The summed E-state index contributed by atoms with van der Waals surface area (Å²) in [6, 6.07) is 8.19. The average molecular weight is 381 g/mol. The number of benzene rings is 1. The van der Waals surface area contributed by atoms with E-state index in [9.17, 15) is 13.2 Å². The number of hydrogen-bond acceptors (Lipinski definition) is 6. The van der Waals surface area contributed by atoms with E-state index >= 15 is 0 Å². The molecule has 1 fully saturated rings. The molecule has 3 rings (SSSR count). The van der Waals surface area contributed by atoms with Crippen LogP contribution in [0.1, 0.15) is 12.1 Å². The SMILES string of the molecule is O=C1COCCN1CCCc1csc(NS(=O)(=O)c2ccccc2)n1. The number of thiazole rings is 1. The Morgan fingerprint density at radius 1 is 1.28 bits per heavy atom. The molecule has 134 valence electrons. The van der Waals surface area contributed by atoms with Crippen LogP contribution in [0, 0.1) is 0 Å². The van der Waals surface area contributed by atoms with Crippen molar-refractivity contribution in [1.82, 2.24) is 9.88 Å². The van der Waals surface area contributed by atoms with Gasteiger partial charge in [-0.2, -0.15) is 0 Å². The number of rotatable bonds is 7. The predicted octanol–water partition coefficient (Wildman–Crippen LogP) is 1.74. The molecule has 1 N–H and O–H groups in total. The molecule has 2 heterocycles. The molecule has 1 saturated heterocycles. The molecule has 0 radical (unpaired) electrons. The normalized spacial score (nSPS) is 15.4. The highest BCUT2D eigenvalue weighted by atomic mass is 32.2. The van der Waals surface area contributed by atoms with Crippen LogP contribution in [0.25, 0.3) is 0 Å². The van der Waals surface area contributed by atoms with Gasteiger partial charge in [0.15, 0.2) is 5.13 Å². The fourth-order valence-corrected chi connectivity index (χ4v) is 4.50. The highest BCUT2D eigenvalue weighted by Gasteiger charge is 2.18. The third kappa shape index (κ3) is 4.77. The Labute approximate surface area is 150 Å². The zero-order chi connectivity index (χ0) is 17.7. The van der Waals surface area contributed by atoms with Crippen molar-refractivity contribution >= 4 is 32.4 Å². The third-order valence-electron chi connectivity index (χ3n) is 3.77. The molecule has 1 aromatic heterocycles. The fourth-order valence-electron chi connectivity index (χ4n) is 2.48. The zero-order valence-corrected chi connectivity index (χ0v) is 15.2. The lowest BCUT2D eigenvalue weighted by Crippen LogP contribution is -2.42. The molecule has 0 unspecified atom stereocenters. The molecule has 0 atom stereocenters. The van der Waals surface area contributed by atoms with Gasteiger partial charge in [0, 0.05) is 18.5 Å². The number of morpholine rings is 1. The summed E-state index contributed by atoms with van der Waals surface area (Å²) in [6.07, 6.45) is 1.47. The Hall–Kier alpha value is -1.97. The molecule has 1 aromatic carbocycles. The Morgan fingerprint density at radius 3 is 2.84 bits per heavy atom. The van der Waals surface area contributed by atoms with Crippen molar-refractivity contribution in [2.75, 3.05) is 31.0 Å². The van der Waals surface area contributed by atoms with E-state index in [-0.39, 0.29) is 17.4 Å². The lowest BCUT2D eigenvalue weighted by atomic mass is 10.2. The first-order valence-electron chi connectivity index (χ1n) is 7.92. The van der Waals surface area contributed by atoms with Gasteiger partial charge in [0.2, 0.25) is 5.91 Å². The number of carbonyl (C=O) groups is 1. The minimum absolute atomic E-state index is 0.0147. The number of nitrogens with zero attached hydrogens (tertiary/aromatic N) is 2. The Kier molecular flexibility index (Phi) is 5.67. The quantitative estimate of drug-likeness (QED) is 0.789. The molecule has 25 heavy (non-hydrogen) atoms. The van der Waals surface area contributed by atoms with Crippen molar-refractivity contribution in [2.45, 2.75) is 17.7 Å². The van der Waals surface area contributed by atoms with Crippen molar-refractivity contribution in [1.29, 1.82) is 0 Å². The van der Waals surface area contributed by atoms with Gasteiger partial charge in [-0.3, -0.25) is 9.52 Å². The molecule has 2 aromatic rings. The van der Waals surface area contributed by atoms with E-state index in [1.54, 1.807) is 23.1 Å². The van der Waals surface area contributed by atoms with E-state index in [4.69, 9.17) is 4.74 Å². The first kappa shape index (κ1) is 17.8. The molecular formula is C16H19N3O4S2. The van der Waals surface area contributed by atoms with Crippen molar-refractivity contribution in [2.24, 2.45) is 0 Å². The Bertz CT molecular complexity index is 821. The van der Waals surface area contributed by atoms with Gasteiger partial charge in [-0.05, 0) is 25.0 Å². The number of nitrogens with one attached hydrogen (secondary N) is 1. The Balaban J connectivity index is 1.53. The van der Waals surface area contributed by atoms with Crippen LogP contribution < -0.4 is 4.72 Å². The maximum Gasteiger partial charge on any atom is 0.263 e. The van der Waals surface area contributed by atoms with Crippen LogP contribution in [0.3, 0.4) is 0 Å². The largest absolute Gasteiger partial charge is 0.370 e. The van der Waals surface area contributed by atoms with Crippen molar-refractivity contribution < 1.29 is 17.9 Å². The number of aryl methyl sites for hydroxylation is 1. The second-order valence-corrected chi connectivity index (χ2v) is 8.14.